The van der Waals surface area contributed by atoms with E-state index >= 15 is 0 Å². The van der Waals surface area contributed by atoms with Gasteiger partial charge in [0.25, 0.3) is 0 Å². The summed E-state index contributed by atoms with van der Waals surface area (Å²) >= 11 is 0. The van der Waals surface area contributed by atoms with Crippen LogP contribution in [0.15, 0.2) is 49.6 Å². The minimum Gasteiger partial charge on any atom is -0.342 e. The van der Waals surface area contributed by atoms with Crippen molar-refractivity contribution < 1.29 is 0 Å². The average molecular weight is 348 g/mol. The number of fused-ring (bicyclic) bond motifs is 2. The summed E-state index contributed by atoms with van der Waals surface area (Å²) < 4.78 is 0. The molecular weight excluding hydrogens is 328 g/mol. The van der Waals surface area contributed by atoms with Gasteiger partial charge in [-0.25, -0.2) is 29.9 Å². The highest BCUT2D eigenvalue weighted by Crippen LogP contribution is 2.16. The molecule has 0 bridgehead atoms. The molecule has 1 aliphatic heterocycles. The van der Waals surface area contributed by atoms with Crippen LogP contribution in [-0.4, -0.2) is 29.9 Å². The summed E-state index contributed by atoms with van der Waals surface area (Å²) in [5.41, 5.74) is 2.81. The number of rotatable bonds is 2. The van der Waals surface area contributed by atoms with Crippen LogP contribution in [-0.2, 0) is 12.8 Å². The molecule has 0 saturated carbocycles. The largest absolute Gasteiger partial charge is 0.342 e. The Labute approximate surface area is 151 Å². The molecule has 0 spiro atoms. The van der Waals surface area contributed by atoms with E-state index in [-0.39, 0.29) is 0 Å². The molecule has 0 radical (unpaired) electrons. The highest BCUT2D eigenvalue weighted by molar-refractivity contribution is 5.63. The van der Waals surface area contributed by atoms with Crippen LogP contribution >= 0.6 is 0 Å². The molecule has 8 nitrogen and oxygen atoms in total. The second-order valence-corrected chi connectivity index (χ2v) is 5.41. The molecule has 1 aliphatic rings. The first-order valence-electron chi connectivity index (χ1n) is 8.41. The van der Waals surface area contributed by atoms with Gasteiger partial charge < -0.3 is 10.6 Å². The molecule has 3 rings (SSSR count). The molecule has 0 aliphatic carbocycles. The molecule has 8 heteroatoms. The van der Waals surface area contributed by atoms with E-state index in [0.717, 1.165) is 24.0 Å². The summed E-state index contributed by atoms with van der Waals surface area (Å²) in [6.07, 6.45) is 15.3. The van der Waals surface area contributed by atoms with E-state index < -0.39 is 0 Å². The van der Waals surface area contributed by atoms with Gasteiger partial charge in [-0.05, 0) is 24.0 Å². The highest BCUT2D eigenvalue weighted by atomic mass is 15.1. The molecule has 132 valence electrons. The second-order valence-electron chi connectivity index (χ2n) is 5.41. The van der Waals surface area contributed by atoms with E-state index in [4.69, 9.17) is 0 Å². The molecule has 0 saturated heterocycles. The highest BCUT2D eigenvalue weighted by Gasteiger charge is 2.03. The maximum atomic E-state index is 4.50. The lowest BCUT2D eigenvalue weighted by atomic mass is 10.3. The Balaban J connectivity index is 2.31. The van der Waals surface area contributed by atoms with Gasteiger partial charge in [0.1, 0.15) is 0 Å². The van der Waals surface area contributed by atoms with Crippen molar-refractivity contribution in [3.05, 3.63) is 60.7 Å². The molecule has 0 amide bonds. The zero-order chi connectivity index (χ0) is 18.2. The smallest absolute Gasteiger partial charge is 0.197 e. The van der Waals surface area contributed by atoms with Crippen molar-refractivity contribution in [2.75, 3.05) is 10.6 Å². The lowest BCUT2D eigenvalue weighted by Gasteiger charge is -2.09. The third kappa shape index (κ3) is 4.35. The van der Waals surface area contributed by atoms with Crippen LogP contribution < -0.4 is 10.6 Å². The maximum Gasteiger partial charge on any atom is 0.197 e. The van der Waals surface area contributed by atoms with Gasteiger partial charge in [0.2, 0.25) is 0 Å². The molecule has 0 atom stereocenters. The fourth-order valence-corrected chi connectivity index (χ4v) is 2.10. The lowest BCUT2D eigenvalue weighted by molar-refractivity contribution is 1.07. The summed E-state index contributed by atoms with van der Waals surface area (Å²) in [6.45, 7) is 4.07. The van der Waals surface area contributed by atoms with Gasteiger partial charge in [-0.2, -0.15) is 0 Å². The van der Waals surface area contributed by atoms with Crippen LogP contribution in [0.4, 0.5) is 11.6 Å². The Hall–Kier alpha value is -3.42. The van der Waals surface area contributed by atoms with Gasteiger partial charge in [-0.1, -0.05) is 13.8 Å². The van der Waals surface area contributed by atoms with Gasteiger partial charge >= 0.3 is 0 Å². The van der Waals surface area contributed by atoms with Crippen molar-refractivity contribution in [3.63, 3.8) is 0 Å². The number of nitrogens with one attached hydrogen (secondary N) is 2. The van der Waals surface area contributed by atoms with Gasteiger partial charge in [-0.15, -0.1) is 0 Å². The Bertz CT molecular complexity index is 864. The van der Waals surface area contributed by atoms with Gasteiger partial charge in [0, 0.05) is 49.6 Å². The number of aryl methyl sites for hydroxylation is 2. The van der Waals surface area contributed by atoms with Crippen LogP contribution in [0, 0.1) is 0 Å². The molecule has 2 N–H and O–H groups in total. The van der Waals surface area contributed by atoms with Crippen molar-refractivity contribution in [3.8, 4) is 0 Å². The van der Waals surface area contributed by atoms with E-state index in [9.17, 15) is 0 Å². The van der Waals surface area contributed by atoms with Crippen LogP contribution in [0.25, 0.3) is 11.3 Å². The van der Waals surface area contributed by atoms with Gasteiger partial charge in [-0.3, -0.25) is 0 Å². The zero-order valence-corrected chi connectivity index (χ0v) is 14.7. The topological polar surface area (TPSA) is 101 Å². The number of hydrogen-bond acceptors (Lipinski definition) is 8. The molecule has 0 unspecified atom stereocenters. The Morgan fingerprint density at radius 1 is 0.615 bits per heavy atom. The van der Waals surface area contributed by atoms with Gasteiger partial charge in [0.05, 0.1) is 0 Å². The maximum absolute atomic E-state index is 4.50. The van der Waals surface area contributed by atoms with E-state index in [1.165, 1.54) is 0 Å². The van der Waals surface area contributed by atoms with Gasteiger partial charge in [0.15, 0.2) is 22.9 Å². The van der Waals surface area contributed by atoms with Crippen LogP contribution in [0.2, 0.25) is 0 Å². The monoisotopic (exact) mass is 348 g/mol. The first-order chi connectivity index (χ1) is 12.8. The SMILES string of the molecule is CCc1cnc2c(ncc(CC)cnc3nccnc3nc1)NC=CN2. The number of aromatic nitrogens is 6. The van der Waals surface area contributed by atoms with Crippen molar-refractivity contribution >= 4 is 22.9 Å². The molecule has 2 aromatic heterocycles. The van der Waals surface area contributed by atoms with Crippen molar-refractivity contribution in [1.82, 2.24) is 29.9 Å². The molecule has 26 heavy (non-hydrogen) atoms. The Kier molecular flexibility index (Phi) is 5.76. The summed E-state index contributed by atoms with van der Waals surface area (Å²) in [5, 5.41) is 6.19. The fourth-order valence-electron chi connectivity index (χ4n) is 2.10. The summed E-state index contributed by atoms with van der Waals surface area (Å²) in [5.74, 6) is 1.26. The normalized spacial score (nSPS) is 11.5. The average Bonchev–Trinajstić information content (AvgIpc) is 2.69. The predicted octanol–water partition coefficient (Wildman–Crippen LogP) is 2.89. The Morgan fingerprint density at radius 2 is 1.04 bits per heavy atom. The zero-order valence-electron chi connectivity index (χ0n) is 14.7. The predicted molar refractivity (Wildman–Crippen MR) is 101 cm³/mol. The minimum atomic E-state index is 0.466. The van der Waals surface area contributed by atoms with Crippen LogP contribution in [0.3, 0.4) is 0 Å². The number of nitrogens with zero attached hydrogens (tertiary/aromatic N) is 6. The van der Waals surface area contributed by atoms with E-state index in [0.29, 0.717) is 22.9 Å². The minimum absolute atomic E-state index is 0.466. The lowest BCUT2D eigenvalue weighted by Crippen LogP contribution is -2.04. The Morgan fingerprint density at radius 3 is 1.46 bits per heavy atom. The first-order valence-corrected chi connectivity index (χ1v) is 8.41. The van der Waals surface area contributed by atoms with Crippen molar-refractivity contribution in [2.45, 2.75) is 26.7 Å². The number of hydrogen-bond donors (Lipinski definition) is 2. The third-order valence-corrected chi connectivity index (χ3v) is 3.65. The summed E-state index contributed by atoms with van der Waals surface area (Å²) in [4.78, 5) is 26.4. The molecule has 3 heterocycles. The molecule has 0 aromatic carbocycles. The summed E-state index contributed by atoms with van der Waals surface area (Å²) in [7, 11) is 0. The van der Waals surface area contributed by atoms with Crippen LogP contribution in [0.1, 0.15) is 25.0 Å². The standard InChI is InChI=1S/C18H20N8/c1-3-13-9-23-15-17(21-7-5-19-15)25-11-14(4-2)12-26-18-16(24-10-13)20-6-8-22-18/h5-12H,3-4H2,1-2H3,(H,19,23)(H,21,25). The van der Waals surface area contributed by atoms with Crippen molar-refractivity contribution in [1.29, 1.82) is 0 Å². The third-order valence-electron chi connectivity index (χ3n) is 3.65. The second kappa shape index (κ2) is 8.61. The van der Waals surface area contributed by atoms with E-state index in [1.54, 1.807) is 49.6 Å². The van der Waals surface area contributed by atoms with Crippen molar-refractivity contribution in [2.24, 2.45) is 0 Å². The van der Waals surface area contributed by atoms with E-state index in [1.807, 2.05) is 13.8 Å². The fraction of sp³-hybridized carbons (Fsp3) is 0.222. The molecular formula is C18H20N8. The number of anilines is 2. The molecule has 2 aromatic rings. The summed E-state index contributed by atoms with van der Waals surface area (Å²) in [6, 6.07) is 0. The van der Waals surface area contributed by atoms with Crippen LogP contribution in [0.5, 0.6) is 0 Å². The molecule has 0 fully saturated rings. The first kappa shape index (κ1) is 17.4. The van der Waals surface area contributed by atoms with E-state index in [2.05, 4.69) is 40.5 Å². The quantitative estimate of drug-likeness (QED) is 0.854.